The molecule has 2 saturated heterocycles. The first kappa shape index (κ1) is 25.4. The number of likely N-dealkylation sites (tertiary alicyclic amines) is 1. The van der Waals surface area contributed by atoms with E-state index >= 15 is 0 Å². The smallest absolute Gasteiger partial charge is 0.318 e. The van der Waals surface area contributed by atoms with E-state index in [0.29, 0.717) is 38.7 Å². The number of anilines is 2. The normalized spacial score (nSPS) is 20.1. The van der Waals surface area contributed by atoms with Crippen LogP contribution in [0.1, 0.15) is 24.1 Å². The molecular weight excluding hydrogens is 492 g/mol. The van der Waals surface area contributed by atoms with Gasteiger partial charge in [-0.1, -0.05) is 30.8 Å². The standard InChI is InChI=1S/C30H36N6O3/c1-3-28(38)34-13-15-35(16-14-34)29-25-10-12-36(27-18-22(37)17-21-7-4-5-9-24(21)27)20-26(25)31-30(32-29)39-23-8-6-11-33(2)19-23/h3-5,7,9,17-18,23,37H,1,6,8,10-16,19-20H2,2H3/t23-/m0/s1. The molecular formula is C30H36N6O3. The number of benzene rings is 2. The van der Waals surface area contributed by atoms with Crippen LogP contribution in [0.3, 0.4) is 0 Å². The van der Waals surface area contributed by atoms with Crippen LogP contribution in [0.2, 0.25) is 0 Å². The van der Waals surface area contributed by atoms with Gasteiger partial charge >= 0.3 is 6.01 Å². The number of carbonyl (C=O) groups is 1. The maximum atomic E-state index is 12.1. The minimum absolute atomic E-state index is 0.0289. The Bertz CT molecular complexity index is 1390. The fourth-order valence-electron chi connectivity index (χ4n) is 6.08. The van der Waals surface area contributed by atoms with E-state index in [9.17, 15) is 9.90 Å². The first-order valence-electron chi connectivity index (χ1n) is 13.9. The van der Waals surface area contributed by atoms with Gasteiger partial charge in [0, 0.05) is 62.0 Å². The van der Waals surface area contributed by atoms with E-state index in [1.165, 1.54) is 6.08 Å². The van der Waals surface area contributed by atoms with Crippen LogP contribution in [0.15, 0.2) is 49.1 Å². The molecule has 0 unspecified atom stereocenters. The molecule has 4 heterocycles. The number of piperazine rings is 1. The Balaban J connectivity index is 1.33. The summed E-state index contributed by atoms with van der Waals surface area (Å²) in [5.41, 5.74) is 3.11. The molecule has 9 heteroatoms. The molecule has 1 amide bonds. The molecule has 2 aromatic carbocycles. The zero-order chi connectivity index (χ0) is 26.9. The van der Waals surface area contributed by atoms with Gasteiger partial charge in [0.15, 0.2) is 0 Å². The summed E-state index contributed by atoms with van der Waals surface area (Å²) in [6.45, 7) is 9.65. The maximum Gasteiger partial charge on any atom is 0.318 e. The van der Waals surface area contributed by atoms with Gasteiger partial charge in [0.2, 0.25) is 5.91 Å². The molecule has 0 aliphatic carbocycles. The van der Waals surface area contributed by atoms with Gasteiger partial charge in [-0.3, -0.25) is 4.79 Å². The lowest BCUT2D eigenvalue weighted by Crippen LogP contribution is -2.49. The highest BCUT2D eigenvalue weighted by Gasteiger charge is 2.30. The van der Waals surface area contributed by atoms with Crippen LogP contribution in [0.25, 0.3) is 10.8 Å². The molecule has 0 spiro atoms. The van der Waals surface area contributed by atoms with Crippen molar-refractivity contribution < 1.29 is 14.6 Å². The Hall–Kier alpha value is -3.85. The summed E-state index contributed by atoms with van der Waals surface area (Å²) < 4.78 is 6.40. The number of aromatic nitrogens is 2. The third kappa shape index (κ3) is 5.23. The Morgan fingerprint density at radius 1 is 1.08 bits per heavy atom. The van der Waals surface area contributed by atoms with Gasteiger partial charge in [-0.2, -0.15) is 9.97 Å². The van der Waals surface area contributed by atoms with Gasteiger partial charge in [-0.15, -0.1) is 0 Å². The SMILES string of the molecule is C=CC(=O)N1CCN(c2nc(O[C@H]3CCCN(C)C3)nc3c2CCN(c2cc(O)cc4ccccc24)C3)CC1. The number of fused-ring (bicyclic) bond motifs is 2. The lowest BCUT2D eigenvalue weighted by Gasteiger charge is -2.38. The highest BCUT2D eigenvalue weighted by Crippen LogP contribution is 2.36. The summed E-state index contributed by atoms with van der Waals surface area (Å²) in [5.74, 6) is 1.15. The number of rotatable bonds is 5. The average Bonchev–Trinajstić information content (AvgIpc) is 2.95. The second kappa shape index (κ2) is 10.7. The molecule has 3 aliphatic rings. The first-order valence-corrected chi connectivity index (χ1v) is 13.9. The predicted molar refractivity (Wildman–Crippen MR) is 153 cm³/mol. The van der Waals surface area contributed by atoms with Gasteiger partial charge in [0.25, 0.3) is 0 Å². The second-order valence-electron chi connectivity index (χ2n) is 10.8. The van der Waals surface area contributed by atoms with Crippen LogP contribution in [0.5, 0.6) is 11.8 Å². The maximum absolute atomic E-state index is 12.1. The summed E-state index contributed by atoms with van der Waals surface area (Å²) in [7, 11) is 2.12. The number of amides is 1. The predicted octanol–water partition coefficient (Wildman–Crippen LogP) is 3.21. The van der Waals surface area contributed by atoms with E-state index in [-0.39, 0.29) is 17.8 Å². The van der Waals surface area contributed by atoms with Crippen molar-refractivity contribution in [2.75, 3.05) is 62.7 Å². The largest absolute Gasteiger partial charge is 0.508 e. The van der Waals surface area contributed by atoms with Crippen LogP contribution < -0.4 is 14.5 Å². The number of phenolic OH excluding ortho intramolecular Hbond substituents is 1. The Morgan fingerprint density at radius 2 is 1.90 bits per heavy atom. The molecule has 0 saturated carbocycles. The van der Waals surface area contributed by atoms with Crippen LogP contribution >= 0.6 is 0 Å². The van der Waals surface area contributed by atoms with E-state index in [1.807, 2.05) is 29.2 Å². The fraction of sp³-hybridized carbons (Fsp3) is 0.433. The third-order valence-electron chi connectivity index (χ3n) is 8.11. The number of aromatic hydroxyl groups is 1. The molecule has 6 rings (SSSR count). The number of piperidine rings is 1. The van der Waals surface area contributed by atoms with E-state index in [1.54, 1.807) is 6.07 Å². The van der Waals surface area contributed by atoms with Crippen molar-refractivity contribution >= 4 is 28.2 Å². The zero-order valence-electron chi connectivity index (χ0n) is 22.6. The van der Waals surface area contributed by atoms with Gasteiger partial charge in [0.05, 0.1) is 12.2 Å². The topological polar surface area (TPSA) is 85.3 Å². The lowest BCUT2D eigenvalue weighted by molar-refractivity contribution is -0.126. The average molecular weight is 529 g/mol. The number of phenols is 1. The highest BCUT2D eigenvalue weighted by atomic mass is 16.5. The Labute approximate surface area is 229 Å². The minimum atomic E-state index is -0.0289. The van der Waals surface area contributed by atoms with Gasteiger partial charge in [0.1, 0.15) is 17.7 Å². The van der Waals surface area contributed by atoms with Crippen LogP contribution in [0.4, 0.5) is 11.5 Å². The fourth-order valence-corrected chi connectivity index (χ4v) is 6.08. The van der Waals surface area contributed by atoms with Crippen molar-refractivity contribution in [3.8, 4) is 11.8 Å². The van der Waals surface area contributed by atoms with Crippen molar-refractivity contribution in [3.63, 3.8) is 0 Å². The molecule has 0 radical (unpaired) electrons. The van der Waals surface area contributed by atoms with E-state index in [2.05, 4.69) is 34.4 Å². The number of hydrogen-bond donors (Lipinski definition) is 1. The summed E-state index contributed by atoms with van der Waals surface area (Å²) in [6, 6.07) is 12.2. The minimum Gasteiger partial charge on any atom is -0.508 e. The quantitative estimate of drug-likeness (QED) is 0.506. The van der Waals surface area contributed by atoms with Crippen molar-refractivity contribution in [2.24, 2.45) is 0 Å². The van der Waals surface area contributed by atoms with Crippen molar-refractivity contribution in [1.29, 1.82) is 0 Å². The summed E-state index contributed by atoms with van der Waals surface area (Å²) >= 11 is 0. The Morgan fingerprint density at radius 3 is 2.69 bits per heavy atom. The molecule has 1 atom stereocenters. The molecule has 9 nitrogen and oxygen atoms in total. The molecule has 1 N–H and O–H groups in total. The van der Waals surface area contributed by atoms with Crippen molar-refractivity contribution in [2.45, 2.75) is 31.9 Å². The lowest BCUT2D eigenvalue weighted by atomic mass is 10.0. The van der Waals surface area contributed by atoms with E-state index < -0.39 is 0 Å². The highest BCUT2D eigenvalue weighted by molar-refractivity contribution is 5.95. The molecule has 1 aromatic heterocycles. The van der Waals surface area contributed by atoms with Gasteiger partial charge in [-0.25, -0.2) is 0 Å². The molecule has 3 aromatic rings. The summed E-state index contributed by atoms with van der Waals surface area (Å²) in [4.78, 5) is 30.8. The number of likely N-dealkylation sites (N-methyl/N-ethyl adjacent to an activating group) is 1. The van der Waals surface area contributed by atoms with E-state index in [0.717, 1.165) is 72.4 Å². The molecule has 3 aliphatic heterocycles. The van der Waals surface area contributed by atoms with Crippen LogP contribution in [-0.2, 0) is 17.8 Å². The summed E-state index contributed by atoms with van der Waals surface area (Å²) in [6.07, 6.45) is 4.31. The molecule has 2 fully saturated rings. The van der Waals surface area contributed by atoms with Crippen molar-refractivity contribution in [3.05, 3.63) is 60.3 Å². The van der Waals surface area contributed by atoms with E-state index in [4.69, 9.17) is 14.7 Å². The Kier molecular flexibility index (Phi) is 6.99. The monoisotopic (exact) mass is 528 g/mol. The van der Waals surface area contributed by atoms with Crippen molar-refractivity contribution in [1.82, 2.24) is 19.8 Å². The van der Waals surface area contributed by atoms with Gasteiger partial charge < -0.3 is 29.4 Å². The second-order valence-corrected chi connectivity index (χ2v) is 10.8. The number of carbonyl (C=O) groups excluding carboxylic acids is 1. The third-order valence-corrected chi connectivity index (χ3v) is 8.11. The van der Waals surface area contributed by atoms with Crippen LogP contribution in [0, 0.1) is 0 Å². The molecule has 204 valence electrons. The first-order chi connectivity index (χ1) is 19.0. The molecule has 39 heavy (non-hydrogen) atoms. The van der Waals surface area contributed by atoms with Crippen LogP contribution in [-0.4, -0.2) is 89.7 Å². The number of nitrogens with zero attached hydrogens (tertiary/aromatic N) is 6. The number of ether oxygens (including phenoxy) is 1. The zero-order valence-corrected chi connectivity index (χ0v) is 22.6. The van der Waals surface area contributed by atoms with Gasteiger partial charge in [-0.05, 0) is 50.4 Å². The molecule has 0 bridgehead atoms. The number of hydrogen-bond acceptors (Lipinski definition) is 8. The summed E-state index contributed by atoms with van der Waals surface area (Å²) in [5, 5.41) is 12.6.